The van der Waals surface area contributed by atoms with E-state index in [1.54, 1.807) is 14.2 Å². The maximum absolute atomic E-state index is 6.14. The van der Waals surface area contributed by atoms with Crippen molar-refractivity contribution in [1.82, 2.24) is 0 Å². The van der Waals surface area contributed by atoms with Crippen molar-refractivity contribution in [2.75, 3.05) is 25.8 Å². The minimum absolute atomic E-state index is 0.545. The van der Waals surface area contributed by atoms with E-state index in [0.29, 0.717) is 5.92 Å². The van der Waals surface area contributed by atoms with Gasteiger partial charge in [-0.05, 0) is 42.5 Å². The van der Waals surface area contributed by atoms with Crippen molar-refractivity contribution in [1.29, 1.82) is 0 Å². The fourth-order valence-corrected chi connectivity index (χ4v) is 2.91. The number of methoxy groups -OCH3 is 2. The molecule has 0 aromatic heterocycles. The molecule has 0 spiro atoms. The van der Waals surface area contributed by atoms with Crippen LogP contribution in [-0.4, -0.2) is 20.8 Å². The van der Waals surface area contributed by atoms with E-state index in [1.807, 2.05) is 41.5 Å². The fourth-order valence-electron chi connectivity index (χ4n) is 2.91. The first kappa shape index (κ1) is 15.5. The second-order valence-corrected chi connectivity index (χ2v) is 5.95. The van der Waals surface area contributed by atoms with Crippen LogP contribution < -0.4 is 19.4 Å². The Bertz CT molecular complexity index is 657. The van der Waals surface area contributed by atoms with Gasteiger partial charge >= 0.3 is 0 Å². The van der Waals surface area contributed by atoms with E-state index in [9.17, 15) is 0 Å². The summed E-state index contributed by atoms with van der Waals surface area (Å²) in [5, 5.41) is 1.98. The van der Waals surface area contributed by atoms with Gasteiger partial charge in [-0.1, -0.05) is 25.1 Å². The topological polar surface area (TPSA) is 30.9 Å². The van der Waals surface area contributed by atoms with Crippen LogP contribution in [0, 0.1) is 5.92 Å². The molecule has 3 rings (SSSR count). The third kappa shape index (κ3) is 3.36. The van der Waals surface area contributed by atoms with Crippen LogP contribution >= 0.6 is 0 Å². The maximum atomic E-state index is 6.14. The molecule has 4 heteroatoms. The Morgan fingerprint density at radius 2 is 1.70 bits per heavy atom. The van der Waals surface area contributed by atoms with E-state index in [1.165, 1.54) is 5.56 Å². The van der Waals surface area contributed by atoms with Crippen molar-refractivity contribution in [3.05, 3.63) is 48.0 Å². The molecule has 1 aliphatic heterocycles. The first-order chi connectivity index (χ1) is 11.2. The highest BCUT2D eigenvalue weighted by atomic mass is 16.7. The Hall–Kier alpha value is -2.36. The third-order valence-electron chi connectivity index (χ3n) is 4.20. The smallest absolute Gasteiger partial charge is 0.162 e. The molecule has 0 N–H and O–H groups in total. The predicted octanol–water partition coefficient (Wildman–Crippen LogP) is 4.09. The van der Waals surface area contributed by atoms with Gasteiger partial charge in [0.25, 0.3) is 0 Å². The number of hydrogen-bond acceptors (Lipinski definition) is 4. The molecular weight excluding hydrogens is 290 g/mol. The lowest BCUT2D eigenvalue weighted by molar-refractivity contribution is 0.261. The number of aryl methyl sites for hydroxylation is 1. The van der Waals surface area contributed by atoms with Crippen LogP contribution in [0.2, 0.25) is 0 Å². The van der Waals surface area contributed by atoms with Crippen molar-refractivity contribution in [3.8, 4) is 17.2 Å². The third-order valence-corrected chi connectivity index (χ3v) is 4.20. The second kappa shape index (κ2) is 6.82. The Balaban J connectivity index is 1.99. The zero-order chi connectivity index (χ0) is 16.2. The van der Waals surface area contributed by atoms with Crippen LogP contribution in [0.4, 0.5) is 5.69 Å². The minimum Gasteiger partial charge on any atom is -0.493 e. The average Bonchev–Trinajstić information content (AvgIpc) is 2.73. The van der Waals surface area contributed by atoms with Gasteiger partial charge in [0, 0.05) is 6.07 Å². The summed E-state index contributed by atoms with van der Waals surface area (Å²) < 4.78 is 10.9. The number of hydroxylamine groups is 1. The molecule has 2 aromatic carbocycles. The normalized spacial score (nSPS) is 17.2. The number of hydrogen-bond donors (Lipinski definition) is 0. The van der Waals surface area contributed by atoms with Gasteiger partial charge in [-0.2, -0.15) is 0 Å². The number of benzene rings is 2. The maximum Gasteiger partial charge on any atom is 0.162 e. The Labute approximate surface area is 137 Å². The van der Waals surface area contributed by atoms with E-state index in [-0.39, 0.29) is 0 Å². The number of para-hydroxylation sites is 1. The van der Waals surface area contributed by atoms with Gasteiger partial charge in [0.2, 0.25) is 0 Å². The lowest BCUT2D eigenvalue weighted by atomic mass is 10.0. The number of anilines is 1. The van der Waals surface area contributed by atoms with Gasteiger partial charge in [0.05, 0.1) is 26.5 Å². The van der Waals surface area contributed by atoms with Gasteiger partial charge in [0.15, 0.2) is 17.2 Å². The highest BCUT2D eigenvalue weighted by molar-refractivity contribution is 5.62. The molecule has 1 heterocycles. The Morgan fingerprint density at radius 3 is 2.39 bits per heavy atom. The van der Waals surface area contributed by atoms with Crippen molar-refractivity contribution >= 4 is 5.69 Å². The van der Waals surface area contributed by atoms with Crippen LogP contribution in [-0.2, 0) is 6.42 Å². The number of nitrogens with zero attached hydrogens (tertiary/aromatic N) is 1. The number of rotatable bonds is 4. The van der Waals surface area contributed by atoms with Crippen molar-refractivity contribution < 1.29 is 14.3 Å². The van der Waals surface area contributed by atoms with Crippen molar-refractivity contribution in [2.24, 2.45) is 5.92 Å². The number of ether oxygens (including phenoxy) is 2. The molecule has 23 heavy (non-hydrogen) atoms. The van der Waals surface area contributed by atoms with Crippen LogP contribution in [0.1, 0.15) is 18.9 Å². The monoisotopic (exact) mass is 313 g/mol. The summed E-state index contributed by atoms with van der Waals surface area (Å²) in [6, 6.07) is 14.0. The summed E-state index contributed by atoms with van der Waals surface area (Å²) in [6.45, 7) is 3.10. The molecule has 2 aromatic rings. The molecule has 122 valence electrons. The molecule has 0 aliphatic carbocycles. The first-order valence-corrected chi connectivity index (χ1v) is 7.96. The summed E-state index contributed by atoms with van der Waals surface area (Å²) in [7, 11) is 3.33. The summed E-state index contributed by atoms with van der Waals surface area (Å²) in [5.74, 6) is 2.87. The van der Waals surface area contributed by atoms with Crippen molar-refractivity contribution in [3.63, 3.8) is 0 Å². The van der Waals surface area contributed by atoms with E-state index in [2.05, 4.69) is 13.0 Å². The first-order valence-electron chi connectivity index (χ1n) is 7.96. The molecule has 1 aliphatic rings. The van der Waals surface area contributed by atoms with Crippen LogP contribution in [0.15, 0.2) is 42.5 Å². The molecule has 0 amide bonds. The Kier molecular flexibility index (Phi) is 4.60. The van der Waals surface area contributed by atoms with Crippen LogP contribution in [0.3, 0.4) is 0 Å². The average molecular weight is 313 g/mol. The lowest BCUT2D eigenvalue weighted by Gasteiger charge is -2.27. The van der Waals surface area contributed by atoms with Gasteiger partial charge in [-0.25, -0.2) is 5.06 Å². The summed E-state index contributed by atoms with van der Waals surface area (Å²) in [4.78, 5) is 6.14. The minimum atomic E-state index is 0.545. The molecule has 0 radical (unpaired) electrons. The quantitative estimate of drug-likeness (QED) is 0.851. The number of fused-ring (bicyclic) bond motifs is 1. The van der Waals surface area contributed by atoms with E-state index >= 15 is 0 Å². The van der Waals surface area contributed by atoms with Gasteiger partial charge in [0.1, 0.15) is 0 Å². The second-order valence-electron chi connectivity index (χ2n) is 5.95. The van der Waals surface area contributed by atoms with Crippen molar-refractivity contribution in [2.45, 2.75) is 19.8 Å². The molecule has 0 saturated heterocycles. The van der Waals surface area contributed by atoms with Gasteiger partial charge in [-0.15, -0.1) is 0 Å². The standard InChI is InChI=1S/C19H23NO3/c1-14-9-10-15-11-18(21-2)19(22-3)12-17(15)20(13-14)23-16-7-5-4-6-8-16/h4-8,11-12,14H,9-10,13H2,1-3H3. The van der Waals surface area contributed by atoms with E-state index in [0.717, 1.165) is 42.3 Å². The fraction of sp³-hybridized carbons (Fsp3) is 0.368. The molecule has 0 saturated carbocycles. The lowest BCUT2D eigenvalue weighted by Crippen LogP contribution is -2.31. The summed E-state index contributed by atoms with van der Waals surface area (Å²) >= 11 is 0. The predicted molar refractivity (Wildman–Crippen MR) is 91.4 cm³/mol. The zero-order valence-corrected chi connectivity index (χ0v) is 13.9. The van der Waals surface area contributed by atoms with E-state index < -0.39 is 0 Å². The Morgan fingerprint density at radius 1 is 1.00 bits per heavy atom. The molecule has 4 nitrogen and oxygen atoms in total. The summed E-state index contributed by atoms with van der Waals surface area (Å²) in [5.41, 5.74) is 2.28. The molecule has 0 fully saturated rings. The van der Waals surface area contributed by atoms with Crippen LogP contribution in [0.25, 0.3) is 0 Å². The molecule has 1 atom stereocenters. The summed E-state index contributed by atoms with van der Waals surface area (Å²) in [6.07, 6.45) is 2.13. The van der Waals surface area contributed by atoms with Gasteiger partial charge in [-0.3, -0.25) is 0 Å². The SMILES string of the molecule is COc1cc2c(cc1OC)N(Oc1ccccc1)CC(C)CC2. The highest BCUT2D eigenvalue weighted by Gasteiger charge is 2.23. The molecule has 1 unspecified atom stereocenters. The largest absolute Gasteiger partial charge is 0.493 e. The highest BCUT2D eigenvalue weighted by Crippen LogP contribution is 2.38. The zero-order valence-electron chi connectivity index (χ0n) is 13.9. The molecular formula is C19H23NO3. The van der Waals surface area contributed by atoms with Gasteiger partial charge < -0.3 is 14.3 Å². The van der Waals surface area contributed by atoms with E-state index in [4.69, 9.17) is 14.3 Å². The van der Waals surface area contributed by atoms with Crippen LogP contribution in [0.5, 0.6) is 17.2 Å². The molecule has 0 bridgehead atoms.